The molecule has 0 aromatic heterocycles. The van der Waals surface area contributed by atoms with E-state index in [1.807, 2.05) is 18.2 Å². The van der Waals surface area contributed by atoms with E-state index in [4.69, 9.17) is 23.2 Å². The molecule has 0 unspecified atom stereocenters. The molecule has 0 aliphatic heterocycles. The van der Waals surface area contributed by atoms with Crippen molar-refractivity contribution in [2.45, 2.75) is 6.42 Å². The predicted molar refractivity (Wildman–Crippen MR) is 60.7 cm³/mol. The highest BCUT2D eigenvalue weighted by molar-refractivity contribution is 8.93. The summed E-state index contributed by atoms with van der Waals surface area (Å²) in [5.74, 6) is 0. The third-order valence-electron chi connectivity index (χ3n) is 1.38. The lowest BCUT2D eigenvalue weighted by molar-refractivity contribution is 1.28. The fourth-order valence-electron chi connectivity index (χ4n) is 0.843. The summed E-state index contributed by atoms with van der Waals surface area (Å²) in [6.07, 6.45) is 2.60. The van der Waals surface area contributed by atoms with Crippen molar-refractivity contribution < 1.29 is 0 Å². The van der Waals surface area contributed by atoms with E-state index in [0.29, 0.717) is 10.0 Å². The van der Waals surface area contributed by atoms with Gasteiger partial charge in [0.25, 0.3) is 0 Å². The second-order valence-corrected chi connectivity index (χ2v) is 3.07. The molecule has 0 N–H and O–H groups in total. The first-order valence-corrected chi connectivity index (χ1v) is 4.04. The van der Waals surface area contributed by atoms with Gasteiger partial charge >= 0.3 is 0 Å². The van der Waals surface area contributed by atoms with Crippen molar-refractivity contribution in [1.29, 1.82) is 0 Å². The molecule has 0 saturated heterocycles. The number of hydrogen-bond donors (Lipinski definition) is 0. The largest absolute Gasteiger partial charge is 0.114 e. The van der Waals surface area contributed by atoms with E-state index in [2.05, 4.69) is 6.58 Å². The average Bonchev–Trinajstić information content (AvgIpc) is 1.95. The fourth-order valence-corrected chi connectivity index (χ4v) is 1.33. The van der Waals surface area contributed by atoms with Crippen LogP contribution in [0.1, 0.15) is 5.56 Å². The van der Waals surface area contributed by atoms with Gasteiger partial charge in [0.05, 0.1) is 0 Å². The van der Waals surface area contributed by atoms with Crippen molar-refractivity contribution in [1.82, 2.24) is 0 Å². The second kappa shape index (κ2) is 5.63. The van der Waals surface area contributed by atoms with Crippen molar-refractivity contribution in [2.75, 3.05) is 0 Å². The highest BCUT2D eigenvalue weighted by Gasteiger charge is 1.97. The molecular weight excluding hydrogens is 259 g/mol. The first kappa shape index (κ1) is 12.0. The monoisotopic (exact) mass is 266 g/mol. The Morgan fingerprint density at radius 2 is 2.00 bits per heavy atom. The quantitative estimate of drug-likeness (QED) is 0.701. The minimum atomic E-state index is 0. The molecular formula is C9H9BrCl2. The van der Waals surface area contributed by atoms with Gasteiger partial charge in [-0.25, -0.2) is 0 Å². The van der Waals surface area contributed by atoms with Crippen LogP contribution >= 0.6 is 40.2 Å². The Balaban J connectivity index is 0.00000121. The average molecular weight is 268 g/mol. The van der Waals surface area contributed by atoms with Crippen LogP contribution in [0.15, 0.2) is 30.9 Å². The standard InChI is InChI=1S/C9H8Cl2.BrH/c1-2-3-7-4-5-8(10)6-9(7)11;/h2,4-6H,1,3H2;1H. The summed E-state index contributed by atoms with van der Waals surface area (Å²) < 4.78 is 0. The van der Waals surface area contributed by atoms with Crippen LogP contribution in [0.5, 0.6) is 0 Å². The summed E-state index contributed by atoms with van der Waals surface area (Å²) in [7, 11) is 0. The van der Waals surface area contributed by atoms with E-state index < -0.39 is 0 Å². The van der Waals surface area contributed by atoms with Gasteiger partial charge in [-0.15, -0.1) is 23.6 Å². The SMILES string of the molecule is Br.C=CCc1ccc(Cl)cc1Cl. The molecule has 0 amide bonds. The molecule has 0 bridgehead atoms. The second-order valence-electron chi connectivity index (χ2n) is 2.23. The molecule has 66 valence electrons. The molecule has 1 aromatic rings. The van der Waals surface area contributed by atoms with Crippen LogP contribution in [0.3, 0.4) is 0 Å². The van der Waals surface area contributed by atoms with E-state index in [9.17, 15) is 0 Å². The summed E-state index contributed by atoms with van der Waals surface area (Å²) in [5, 5.41) is 1.38. The lowest BCUT2D eigenvalue weighted by Crippen LogP contribution is -1.81. The molecule has 3 heteroatoms. The minimum absolute atomic E-state index is 0. The third kappa shape index (κ3) is 3.18. The maximum Gasteiger partial charge on any atom is 0.0455 e. The van der Waals surface area contributed by atoms with E-state index in [0.717, 1.165) is 12.0 Å². The van der Waals surface area contributed by atoms with Gasteiger partial charge in [-0.1, -0.05) is 35.3 Å². The van der Waals surface area contributed by atoms with Crippen molar-refractivity contribution in [3.8, 4) is 0 Å². The van der Waals surface area contributed by atoms with Gasteiger partial charge in [-0.2, -0.15) is 0 Å². The number of allylic oxidation sites excluding steroid dienone is 1. The fraction of sp³-hybridized carbons (Fsp3) is 0.111. The van der Waals surface area contributed by atoms with Crippen LogP contribution in [0.4, 0.5) is 0 Å². The highest BCUT2D eigenvalue weighted by atomic mass is 79.9. The Labute approximate surface area is 93.0 Å². The lowest BCUT2D eigenvalue weighted by atomic mass is 10.1. The zero-order chi connectivity index (χ0) is 8.27. The number of hydrogen-bond acceptors (Lipinski definition) is 0. The van der Waals surface area contributed by atoms with Gasteiger partial charge in [0.15, 0.2) is 0 Å². The first-order chi connectivity index (χ1) is 5.24. The molecule has 0 nitrogen and oxygen atoms in total. The molecule has 0 aliphatic carbocycles. The molecule has 0 heterocycles. The Morgan fingerprint density at radius 1 is 1.33 bits per heavy atom. The number of benzene rings is 1. The predicted octanol–water partition coefficient (Wildman–Crippen LogP) is 4.30. The normalized spacial score (nSPS) is 8.83. The Kier molecular flexibility index (Phi) is 5.64. The van der Waals surface area contributed by atoms with Gasteiger partial charge in [0, 0.05) is 10.0 Å². The Morgan fingerprint density at radius 3 is 2.50 bits per heavy atom. The van der Waals surface area contributed by atoms with Gasteiger partial charge in [-0.3, -0.25) is 0 Å². The van der Waals surface area contributed by atoms with E-state index in [-0.39, 0.29) is 17.0 Å². The summed E-state index contributed by atoms with van der Waals surface area (Å²) in [6, 6.07) is 5.47. The Hall–Kier alpha value is 0.0200. The molecule has 0 fully saturated rings. The van der Waals surface area contributed by atoms with Crippen LogP contribution in [0.2, 0.25) is 10.0 Å². The first-order valence-electron chi connectivity index (χ1n) is 3.29. The smallest absolute Gasteiger partial charge is 0.0455 e. The molecule has 1 aromatic carbocycles. The van der Waals surface area contributed by atoms with E-state index in [1.165, 1.54) is 0 Å². The van der Waals surface area contributed by atoms with Gasteiger partial charge in [-0.05, 0) is 24.1 Å². The van der Waals surface area contributed by atoms with Crippen LogP contribution in [-0.4, -0.2) is 0 Å². The molecule has 12 heavy (non-hydrogen) atoms. The molecule has 0 saturated carbocycles. The zero-order valence-corrected chi connectivity index (χ0v) is 9.61. The molecule has 0 spiro atoms. The summed E-state index contributed by atoms with van der Waals surface area (Å²) in [4.78, 5) is 0. The van der Waals surface area contributed by atoms with Crippen LogP contribution in [0, 0.1) is 0 Å². The molecule has 1 rings (SSSR count). The highest BCUT2D eigenvalue weighted by Crippen LogP contribution is 2.21. The molecule has 0 radical (unpaired) electrons. The van der Waals surface area contributed by atoms with E-state index in [1.54, 1.807) is 6.07 Å². The van der Waals surface area contributed by atoms with Crippen LogP contribution in [0.25, 0.3) is 0 Å². The number of rotatable bonds is 2. The maximum atomic E-state index is 5.88. The zero-order valence-electron chi connectivity index (χ0n) is 6.39. The Bertz CT molecular complexity index is 271. The summed E-state index contributed by atoms with van der Waals surface area (Å²) in [6.45, 7) is 3.63. The third-order valence-corrected chi connectivity index (χ3v) is 1.97. The minimum Gasteiger partial charge on any atom is -0.114 e. The van der Waals surface area contributed by atoms with Gasteiger partial charge in [0.1, 0.15) is 0 Å². The van der Waals surface area contributed by atoms with Crippen molar-refractivity contribution in [3.63, 3.8) is 0 Å². The number of halogens is 3. The topological polar surface area (TPSA) is 0 Å². The van der Waals surface area contributed by atoms with E-state index >= 15 is 0 Å². The summed E-state index contributed by atoms with van der Waals surface area (Å²) in [5.41, 5.74) is 1.06. The van der Waals surface area contributed by atoms with Gasteiger partial charge < -0.3 is 0 Å². The maximum absolute atomic E-state index is 5.88. The van der Waals surface area contributed by atoms with Crippen molar-refractivity contribution in [3.05, 3.63) is 46.5 Å². The van der Waals surface area contributed by atoms with Crippen LogP contribution < -0.4 is 0 Å². The molecule has 0 atom stereocenters. The molecule has 0 aliphatic rings. The van der Waals surface area contributed by atoms with Gasteiger partial charge in [0.2, 0.25) is 0 Å². The summed E-state index contributed by atoms with van der Waals surface area (Å²) >= 11 is 11.6. The van der Waals surface area contributed by atoms with Crippen molar-refractivity contribution in [2.24, 2.45) is 0 Å². The lowest BCUT2D eigenvalue weighted by Gasteiger charge is -1.99. The van der Waals surface area contributed by atoms with Crippen LogP contribution in [-0.2, 0) is 6.42 Å². The van der Waals surface area contributed by atoms with Crippen molar-refractivity contribution >= 4 is 40.2 Å².